The fraction of sp³-hybridized carbons (Fsp3) is 0.417. The molecule has 0 aliphatic rings. The summed E-state index contributed by atoms with van der Waals surface area (Å²) in [4.78, 5) is 4.29. The predicted molar refractivity (Wildman–Crippen MR) is 77.9 cm³/mol. The number of aromatic nitrogens is 2. The molecule has 7 heteroatoms. The number of hydrogen-bond acceptors (Lipinski definition) is 2. The van der Waals surface area contributed by atoms with E-state index in [9.17, 15) is 8.60 Å². The van der Waals surface area contributed by atoms with Gasteiger partial charge in [-0.1, -0.05) is 11.6 Å². The fourth-order valence-corrected chi connectivity index (χ4v) is 3.32. The van der Waals surface area contributed by atoms with Crippen LogP contribution in [0.5, 0.6) is 0 Å². The van der Waals surface area contributed by atoms with E-state index in [2.05, 4.69) is 4.98 Å². The second-order valence-corrected chi connectivity index (χ2v) is 6.53. The molecule has 2 rings (SSSR count). The van der Waals surface area contributed by atoms with Gasteiger partial charge in [-0.25, -0.2) is 9.37 Å². The molecule has 0 aliphatic heterocycles. The molecule has 0 bridgehead atoms. The van der Waals surface area contributed by atoms with Crippen LogP contribution in [0.1, 0.15) is 18.8 Å². The molecule has 2 aromatic rings. The van der Waals surface area contributed by atoms with Crippen LogP contribution in [-0.4, -0.2) is 25.8 Å². The minimum absolute atomic E-state index is 0.0413. The molecular weight excluding hydrogens is 310 g/mol. The van der Waals surface area contributed by atoms with Gasteiger partial charge < -0.3 is 4.57 Å². The van der Waals surface area contributed by atoms with Gasteiger partial charge in [0.15, 0.2) is 0 Å². The van der Waals surface area contributed by atoms with Gasteiger partial charge in [-0.3, -0.25) is 4.21 Å². The zero-order chi connectivity index (χ0) is 14.2. The van der Waals surface area contributed by atoms with Gasteiger partial charge in [-0.15, -0.1) is 11.6 Å². The molecular formula is C12H13Cl2FN2OS. The minimum Gasteiger partial charge on any atom is -0.323 e. The van der Waals surface area contributed by atoms with Crippen LogP contribution in [0.4, 0.5) is 4.39 Å². The largest absolute Gasteiger partial charge is 0.323 e. The summed E-state index contributed by atoms with van der Waals surface area (Å²) in [6.07, 6.45) is 1.64. The monoisotopic (exact) mass is 322 g/mol. The first-order valence-corrected chi connectivity index (χ1v) is 8.29. The summed E-state index contributed by atoms with van der Waals surface area (Å²) >= 11 is 11.7. The quantitative estimate of drug-likeness (QED) is 0.807. The van der Waals surface area contributed by atoms with Gasteiger partial charge in [0.05, 0.1) is 21.9 Å². The number of alkyl halides is 1. The fourth-order valence-electron chi connectivity index (χ4n) is 2.14. The van der Waals surface area contributed by atoms with Crippen molar-refractivity contribution < 1.29 is 8.60 Å². The Bertz CT molecular complexity index is 644. The Labute approximate surface area is 123 Å². The molecule has 2 atom stereocenters. The maximum atomic E-state index is 13.4. The zero-order valence-electron chi connectivity index (χ0n) is 10.5. The molecule has 0 N–H and O–H groups in total. The number of imidazole rings is 1. The van der Waals surface area contributed by atoms with Gasteiger partial charge in [0.1, 0.15) is 11.6 Å². The van der Waals surface area contributed by atoms with Crippen LogP contribution >= 0.6 is 23.2 Å². The third-order valence-corrected chi connectivity index (χ3v) is 4.32. The molecule has 104 valence electrons. The summed E-state index contributed by atoms with van der Waals surface area (Å²) in [5.74, 6) is 0.793. The summed E-state index contributed by atoms with van der Waals surface area (Å²) in [5, 5.41) is 0.0413. The van der Waals surface area contributed by atoms with Crippen molar-refractivity contribution in [2.45, 2.75) is 18.8 Å². The van der Waals surface area contributed by atoms with Crippen molar-refractivity contribution in [2.24, 2.45) is 0 Å². The van der Waals surface area contributed by atoms with Crippen LogP contribution in [0.3, 0.4) is 0 Å². The van der Waals surface area contributed by atoms with Crippen molar-refractivity contribution >= 4 is 45.0 Å². The highest BCUT2D eigenvalue weighted by molar-refractivity contribution is 7.84. The Morgan fingerprint density at radius 2 is 2.21 bits per heavy atom. The third-order valence-electron chi connectivity index (χ3n) is 2.84. The smallest absolute Gasteiger partial charge is 0.144 e. The van der Waals surface area contributed by atoms with E-state index in [4.69, 9.17) is 23.2 Å². The molecule has 0 amide bonds. The Balaban J connectivity index is 2.62. The maximum Gasteiger partial charge on any atom is 0.144 e. The van der Waals surface area contributed by atoms with E-state index < -0.39 is 16.6 Å². The standard InChI is InChI=1S/C12H13Cl2FN2OS/c1-7(6-19(2)18)17-11-3-8(14)9(15)4-10(11)16-12(17)5-13/h3-4,7H,5-6H2,1-2H3. The lowest BCUT2D eigenvalue weighted by Crippen LogP contribution is -2.15. The first-order chi connectivity index (χ1) is 8.93. The van der Waals surface area contributed by atoms with Crippen molar-refractivity contribution in [3.63, 3.8) is 0 Å². The van der Waals surface area contributed by atoms with Gasteiger partial charge in [-0.05, 0) is 13.0 Å². The molecule has 3 nitrogen and oxygen atoms in total. The van der Waals surface area contributed by atoms with Gasteiger partial charge in [0.25, 0.3) is 0 Å². The highest BCUT2D eigenvalue weighted by Gasteiger charge is 2.18. The number of halogens is 3. The summed E-state index contributed by atoms with van der Waals surface area (Å²) in [7, 11) is -0.942. The average molecular weight is 323 g/mol. The summed E-state index contributed by atoms with van der Waals surface area (Å²) in [6.45, 7) is 1.93. The van der Waals surface area contributed by atoms with E-state index in [1.165, 1.54) is 12.1 Å². The van der Waals surface area contributed by atoms with E-state index in [-0.39, 0.29) is 16.9 Å². The minimum atomic E-state index is -0.942. The summed E-state index contributed by atoms with van der Waals surface area (Å²) < 4.78 is 26.7. The van der Waals surface area contributed by atoms with E-state index in [1.54, 1.807) is 6.26 Å². The maximum absolute atomic E-state index is 13.4. The normalized spacial score (nSPS) is 14.8. The van der Waals surface area contributed by atoms with Crippen LogP contribution in [0.25, 0.3) is 11.0 Å². The average Bonchev–Trinajstić information content (AvgIpc) is 2.66. The molecule has 0 saturated heterocycles. The van der Waals surface area contributed by atoms with E-state index in [0.717, 1.165) is 0 Å². The highest BCUT2D eigenvalue weighted by atomic mass is 35.5. The molecule has 0 aliphatic carbocycles. The highest BCUT2D eigenvalue weighted by Crippen LogP contribution is 2.27. The van der Waals surface area contributed by atoms with Crippen LogP contribution in [0.2, 0.25) is 5.02 Å². The topological polar surface area (TPSA) is 34.9 Å². The molecule has 0 fully saturated rings. The second-order valence-electron chi connectivity index (χ2n) is 4.38. The number of hydrogen-bond donors (Lipinski definition) is 0. The lowest BCUT2D eigenvalue weighted by molar-refractivity contribution is 0.594. The van der Waals surface area contributed by atoms with Crippen molar-refractivity contribution in [3.05, 3.63) is 28.8 Å². The van der Waals surface area contributed by atoms with Crippen LogP contribution < -0.4 is 0 Å². The number of fused-ring (bicyclic) bond motifs is 1. The molecule has 1 aromatic carbocycles. The van der Waals surface area contributed by atoms with Gasteiger partial charge in [-0.2, -0.15) is 0 Å². The Morgan fingerprint density at radius 1 is 1.53 bits per heavy atom. The summed E-state index contributed by atoms with van der Waals surface area (Å²) in [6, 6.07) is 2.77. The molecule has 1 heterocycles. The molecule has 0 radical (unpaired) electrons. The van der Waals surface area contributed by atoms with Gasteiger partial charge in [0, 0.05) is 34.9 Å². The summed E-state index contributed by atoms with van der Waals surface area (Å²) in [5.41, 5.74) is 1.21. The van der Waals surface area contributed by atoms with Gasteiger partial charge in [0.2, 0.25) is 0 Å². The van der Waals surface area contributed by atoms with Crippen LogP contribution in [0.15, 0.2) is 12.1 Å². The zero-order valence-corrected chi connectivity index (χ0v) is 12.8. The van der Waals surface area contributed by atoms with E-state index in [1.807, 2.05) is 11.5 Å². The van der Waals surface area contributed by atoms with Crippen molar-refractivity contribution in [3.8, 4) is 0 Å². The molecule has 0 saturated carbocycles. The van der Waals surface area contributed by atoms with Crippen molar-refractivity contribution in [1.82, 2.24) is 9.55 Å². The predicted octanol–water partition coefficient (Wildman–Crippen LogP) is 3.51. The number of benzene rings is 1. The molecule has 2 unspecified atom stereocenters. The Hall–Kier alpha value is -0.650. The third kappa shape index (κ3) is 2.93. The Morgan fingerprint density at radius 3 is 2.79 bits per heavy atom. The van der Waals surface area contributed by atoms with E-state index >= 15 is 0 Å². The van der Waals surface area contributed by atoms with Crippen LogP contribution in [-0.2, 0) is 16.7 Å². The lowest BCUT2D eigenvalue weighted by Gasteiger charge is -2.15. The van der Waals surface area contributed by atoms with Crippen LogP contribution in [0, 0.1) is 5.82 Å². The first-order valence-electron chi connectivity index (χ1n) is 5.66. The van der Waals surface area contributed by atoms with E-state index in [0.29, 0.717) is 22.6 Å². The second kappa shape index (κ2) is 5.77. The van der Waals surface area contributed by atoms with Gasteiger partial charge >= 0.3 is 0 Å². The molecule has 19 heavy (non-hydrogen) atoms. The first kappa shape index (κ1) is 14.8. The Kier molecular flexibility index (Phi) is 4.48. The SMILES string of the molecule is CC(CS(C)=O)n1c(CCl)nc2cc(F)c(Cl)cc21. The molecule has 0 spiro atoms. The molecule has 1 aromatic heterocycles. The number of rotatable bonds is 4. The number of nitrogens with zero attached hydrogens (tertiary/aromatic N) is 2. The lowest BCUT2D eigenvalue weighted by atomic mass is 10.3. The van der Waals surface area contributed by atoms with Crippen molar-refractivity contribution in [2.75, 3.05) is 12.0 Å². The van der Waals surface area contributed by atoms with Crippen molar-refractivity contribution in [1.29, 1.82) is 0 Å².